The van der Waals surface area contributed by atoms with Gasteiger partial charge in [-0.1, -0.05) is 19.8 Å². The molecule has 5 nitrogen and oxygen atoms in total. The number of nitrogens with one attached hydrogen (secondary N) is 1. The Morgan fingerprint density at radius 1 is 1.29 bits per heavy atom. The summed E-state index contributed by atoms with van der Waals surface area (Å²) in [5.74, 6) is 0.139. The van der Waals surface area contributed by atoms with Gasteiger partial charge in [-0.3, -0.25) is 9.59 Å². The van der Waals surface area contributed by atoms with Crippen LogP contribution in [0.15, 0.2) is 0 Å². The van der Waals surface area contributed by atoms with Crippen LogP contribution in [-0.2, 0) is 14.3 Å². The molecule has 0 radical (unpaired) electrons. The number of amides is 2. The van der Waals surface area contributed by atoms with Gasteiger partial charge in [-0.25, -0.2) is 0 Å². The minimum absolute atomic E-state index is 0.0532. The number of hydrogen-bond donors (Lipinski definition) is 1. The van der Waals surface area contributed by atoms with Crippen molar-refractivity contribution >= 4 is 11.8 Å². The summed E-state index contributed by atoms with van der Waals surface area (Å²) in [6, 6.07) is -0.359. The molecule has 21 heavy (non-hydrogen) atoms. The van der Waals surface area contributed by atoms with Crippen molar-refractivity contribution in [3.8, 4) is 0 Å². The molecule has 0 aromatic carbocycles. The van der Waals surface area contributed by atoms with Crippen molar-refractivity contribution in [1.29, 1.82) is 0 Å². The molecular weight excluding hydrogens is 268 g/mol. The van der Waals surface area contributed by atoms with E-state index >= 15 is 0 Å². The highest BCUT2D eigenvalue weighted by molar-refractivity contribution is 6.00. The Kier molecular flexibility index (Phi) is 3.95. The Hall–Kier alpha value is -1.10. The van der Waals surface area contributed by atoms with Gasteiger partial charge in [0, 0.05) is 6.54 Å². The maximum Gasteiger partial charge on any atom is 0.246 e. The van der Waals surface area contributed by atoms with Crippen LogP contribution in [0.1, 0.15) is 58.8 Å². The van der Waals surface area contributed by atoms with Crippen LogP contribution in [0.2, 0.25) is 0 Å². The van der Waals surface area contributed by atoms with Gasteiger partial charge in [0.25, 0.3) is 0 Å². The number of hydrogen-bond acceptors (Lipinski definition) is 3. The van der Waals surface area contributed by atoms with Gasteiger partial charge in [0.15, 0.2) is 0 Å². The molecule has 3 unspecified atom stereocenters. The average Bonchev–Trinajstić information content (AvgIpc) is 3.09. The fourth-order valence-corrected chi connectivity index (χ4v) is 4.10. The topological polar surface area (TPSA) is 58.6 Å². The molecule has 0 bridgehead atoms. The Labute approximate surface area is 126 Å². The molecule has 3 rings (SSSR count). The van der Waals surface area contributed by atoms with Crippen molar-refractivity contribution in [1.82, 2.24) is 10.2 Å². The first-order chi connectivity index (χ1) is 10.1. The van der Waals surface area contributed by atoms with Crippen molar-refractivity contribution < 1.29 is 14.3 Å². The second-order valence-electron chi connectivity index (χ2n) is 6.77. The van der Waals surface area contributed by atoms with E-state index in [-0.39, 0.29) is 30.1 Å². The standard InChI is InChI=1S/C16H26N2O3/c1-3-13-14(19)18(10-12-7-6-11(2)21-12)16(15(20)17-13)8-4-5-9-16/h11-13H,3-10H2,1-2H3,(H,17,20). The van der Waals surface area contributed by atoms with Crippen molar-refractivity contribution in [3.05, 3.63) is 0 Å². The van der Waals surface area contributed by atoms with Crippen molar-refractivity contribution in [2.45, 2.75) is 82.6 Å². The number of nitrogens with zero attached hydrogens (tertiary/aromatic N) is 1. The molecule has 3 aliphatic rings. The van der Waals surface area contributed by atoms with E-state index in [1.165, 1.54) is 0 Å². The number of rotatable bonds is 3. The Bertz CT molecular complexity index is 431. The zero-order chi connectivity index (χ0) is 15.0. The largest absolute Gasteiger partial charge is 0.373 e. The van der Waals surface area contributed by atoms with Crippen LogP contribution in [-0.4, -0.2) is 47.0 Å². The van der Waals surface area contributed by atoms with Crippen LogP contribution in [0.3, 0.4) is 0 Å². The Morgan fingerprint density at radius 2 is 2.00 bits per heavy atom. The van der Waals surface area contributed by atoms with Crippen LogP contribution in [0.5, 0.6) is 0 Å². The van der Waals surface area contributed by atoms with E-state index in [1.54, 1.807) is 0 Å². The summed E-state index contributed by atoms with van der Waals surface area (Å²) in [6.07, 6.45) is 6.68. The maximum absolute atomic E-state index is 12.8. The molecular formula is C16H26N2O3. The van der Waals surface area contributed by atoms with Crippen LogP contribution < -0.4 is 5.32 Å². The minimum Gasteiger partial charge on any atom is -0.373 e. The van der Waals surface area contributed by atoms with Crippen LogP contribution in [0, 0.1) is 0 Å². The van der Waals surface area contributed by atoms with Gasteiger partial charge < -0.3 is 15.0 Å². The van der Waals surface area contributed by atoms with Gasteiger partial charge in [0.05, 0.1) is 12.2 Å². The zero-order valence-electron chi connectivity index (χ0n) is 13.1. The van der Waals surface area contributed by atoms with Gasteiger partial charge in [-0.05, 0) is 39.0 Å². The lowest BCUT2D eigenvalue weighted by atomic mass is 9.88. The summed E-state index contributed by atoms with van der Waals surface area (Å²) < 4.78 is 5.89. The molecule has 2 saturated heterocycles. The van der Waals surface area contributed by atoms with Gasteiger partial charge in [0.2, 0.25) is 11.8 Å². The Balaban J connectivity index is 1.83. The summed E-state index contributed by atoms with van der Waals surface area (Å²) in [6.45, 7) is 4.60. The quantitative estimate of drug-likeness (QED) is 0.860. The van der Waals surface area contributed by atoms with Crippen LogP contribution in [0.25, 0.3) is 0 Å². The lowest BCUT2D eigenvalue weighted by Gasteiger charge is -2.47. The third kappa shape index (κ3) is 2.45. The van der Waals surface area contributed by atoms with E-state index in [9.17, 15) is 9.59 Å². The number of carbonyl (C=O) groups excluding carboxylic acids is 2. The summed E-state index contributed by atoms with van der Waals surface area (Å²) in [4.78, 5) is 27.3. The first-order valence-corrected chi connectivity index (χ1v) is 8.35. The molecule has 0 aromatic rings. The highest BCUT2D eigenvalue weighted by atomic mass is 16.5. The SMILES string of the molecule is CCC1NC(=O)C2(CCCC2)N(CC2CCC(C)O2)C1=O. The molecule has 118 valence electrons. The third-order valence-electron chi connectivity index (χ3n) is 5.35. The highest BCUT2D eigenvalue weighted by Gasteiger charge is 2.53. The fourth-order valence-electron chi connectivity index (χ4n) is 4.10. The predicted molar refractivity (Wildman–Crippen MR) is 78.7 cm³/mol. The molecule has 2 heterocycles. The predicted octanol–water partition coefficient (Wildman–Crippen LogP) is 1.60. The molecule has 1 saturated carbocycles. The van der Waals surface area contributed by atoms with Crippen LogP contribution in [0.4, 0.5) is 0 Å². The summed E-state index contributed by atoms with van der Waals surface area (Å²) in [5, 5.41) is 2.94. The van der Waals surface area contributed by atoms with E-state index in [0.29, 0.717) is 13.0 Å². The number of ether oxygens (including phenoxy) is 1. The zero-order valence-corrected chi connectivity index (χ0v) is 13.1. The first-order valence-electron chi connectivity index (χ1n) is 8.35. The summed E-state index contributed by atoms with van der Waals surface area (Å²) in [7, 11) is 0. The second-order valence-corrected chi connectivity index (χ2v) is 6.77. The van der Waals surface area contributed by atoms with Crippen molar-refractivity contribution in [2.24, 2.45) is 0 Å². The normalized spacial score (nSPS) is 35.5. The fraction of sp³-hybridized carbons (Fsp3) is 0.875. The van der Waals surface area contributed by atoms with E-state index in [2.05, 4.69) is 12.2 Å². The smallest absolute Gasteiger partial charge is 0.246 e. The number of piperazine rings is 1. The van der Waals surface area contributed by atoms with Gasteiger partial charge in [0.1, 0.15) is 11.6 Å². The summed E-state index contributed by atoms with van der Waals surface area (Å²) >= 11 is 0. The summed E-state index contributed by atoms with van der Waals surface area (Å²) in [5.41, 5.74) is -0.599. The minimum atomic E-state index is -0.599. The van der Waals surface area contributed by atoms with Gasteiger partial charge in [-0.2, -0.15) is 0 Å². The maximum atomic E-state index is 12.8. The van der Waals surface area contributed by atoms with Crippen LogP contribution >= 0.6 is 0 Å². The van der Waals surface area contributed by atoms with E-state index < -0.39 is 5.54 Å². The van der Waals surface area contributed by atoms with Gasteiger partial charge in [-0.15, -0.1) is 0 Å². The lowest BCUT2D eigenvalue weighted by Crippen LogP contribution is -2.70. The van der Waals surface area contributed by atoms with Crippen molar-refractivity contribution in [2.75, 3.05) is 6.54 Å². The second kappa shape index (κ2) is 5.59. The Morgan fingerprint density at radius 3 is 2.57 bits per heavy atom. The molecule has 2 amide bonds. The molecule has 3 fully saturated rings. The monoisotopic (exact) mass is 294 g/mol. The van der Waals surface area contributed by atoms with E-state index in [0.717, 1.165) is 38.5 Å². The molecule has 1 spiro atoms. The molecule has 1 aliphatic carbocycles. The van der Waals surface area contributed by atoms with E-state index in [1.807, 2.05) is 11.8 Å². The molecule has 3 atom stereocenters. The number of carbonyl (C=O) groups is 2. The molecule has 0 aromatic heterocycles. The van der Waals surface area contributed by atoms with Crippen molar-refractivity contribution in [3.63, 3.8) is 0 Å². The average molecular weight is 294 g/mol. The lowest BCUT2D eigenvalue weighted by molar-refractivity contribution is -0.159. The first kappa shape index (κ1) is 14.8. The molecule has 2 aliphatic heterocycles. The van der Waals surface area contributed by atoms with E-state index in [4.69, 9.17) is 4.74 Å². The van der Waals surface area contributed by atoms with Gasteiger partial charge >= 0.3 is 0 Å². The molecule has 1 N–H and O–H groups in total. The molecule has 5 heteroatoms. The third-order valence-corrected chi connectivity index (χ3v) is 5.35. The highest BCUT2D eigenvalue weighted by Crippen LogP contribution is 2.39.